The average molecular weight is 329 g/mol. The van der Waals surface area contributed by atoms with Crippen molar-refractivity contribution in [3.05, 3.63) is 0 Å². The van der Waals surface area contributed by atoms with Gasteiger partial charge < -0.3 is 27.0 Å². The van der Waals surface area contributed by atoms with Crippen molar-refractivity contribution in [1.82, 2.24) is 21.3 Å². The molecule has 0 saturated carbocycles. The summed E-state index contributed by atoms with van der Waals surface area (Å²) in [7, 11) is 0. The third-order valence-corrected chi connectivity index (χ3v) is 5.53. The zero-order valence-corrected chi connectivity index (χ0v) is 13.7. The van der Waals surface area contributed by atoms with Crippen LogP contribution in [-0.2, 0) is 4.79 Å². The van der Waals surface area contributed by atoms with Crippen molar-refractivity contribution in [3.8, 4) is 0 Å². The lowest BCUT2D eigenvalue weighted by atomic mass is 10.0. The number of urea groups is 1. The van der Waals surface area contributed by atoms with Crippen LogP contribution in [-0.4, -0.2) is 61.2 Å². The van der Waals surface area contributed by atoms with Gasteiger partial charge in [-0.05, 0) is 12.8 Å². The van der Waals surface area contributed by atoms with Gasteiger partial charge in [-0.3, -0.25) is 4.79 Å². The Balaban J connectivity index is 1.49. The second-order valence-corrected chi connectivity index (χ2v) is 7.03. The summed E-state index contributed by atoms with van der Waals surface area (Å²) in [6.45, 7) is 2.81. The third kappa shape index (κ3) is 5.33. The lowest BCUT2D eigenvalue weighted by Gasteiger charge is -2.16. The van der Waals surface area contributed by atoms with E-state index in [4.69, 9.17) is 5.73 Å². The van der Waals surface area contributed by atoms with Crippen molar-refractivity contribution < 1.29 is 9.59 Å². The number of thioether (sulfide) groups is 1. The van der Waals surface area contributed by atoms with Crippen molar-refractivity contribution in [3.63, 3.8) is 0 Å². The van der Waals surface area contributed by atoms with Gasteiger partial charge in [-0.25, -0.2) is 4.79 Å². The molecule has 0 aromatic carbocycles. The molecule has 3 unspecified atom stereocenters. The SMILES string of the molecule is NCCNCCNC(=O)CCCCC1SCC2NC(=O)NC21. The molecule has 2 aliphatic rings. The molecule has 0 aromatic heterocycles. The van der Waals surface area contributed by atoms with Gasteiger partial charge in [0.2, 0.25) is 5.91 Å². The summed E-state index contributed by atoms with van der Waals surface area (Å²) in [6, 6.07) is 0.509. The first-order chi connectivity index (χ1) is 10.7. The first-order valence-electron chi connectivity index (χ1n) is 8.07. The molecular formula is C14H27N5O2S. The van der Waals surface area contributed by atoms with Gasteiger partial charge in [0.15, 0.2) is 0 Å². The molecule has 0 aromatic rings. The Kier molecular flexibility index (Phi) is 7.28. The maximum Gasteiger partial charge on any atom is 0.315 e. The monoisotopic (exact) mass is 329 g/mol. The molecule has 2 aliphatic heterocycles. The van der Waals surface area contributed by atoms with Gasteiger partial charge in [-0.1, -0.05) is 6.42 Å². The average Bonchev–Trinajstić information content (AvgIpc) is 3.03. The van der Waals surface area contributed by atoms with Gasteiger partial charge in [0, 0.05) is 43.6 Å². The normalized spacial score (nSPS) is 26.4. The fourth-order valence-electron chi connectivity index (χ4n) is 2.88. The smallest absolute Gasteiger partial charge is 0.315 e. The first-order valence-corrected chi connectivity index (χ1v) is 9.11. The number of unbranched alkanes of at least 4 members (excludes halogenated alkanes) is 1. The number of nitrogens with two attached hydrogens (primary N) is 1. The van der Waals surface area contributed by atoms with Crippen LogP contribution in [0.25, 0.3) is 0 Å². The topological polar surface area (TPSA) is 108 Å². The molecule has 126 valence electrons. The number of hydrogen-bond donors (Lipinski definition) is 5. The highest BCUT2D eigenvalue weighted by Gasteiger charge is 2.42. The van der Waals surface area contributed by atoms with Crippen molar-refractivity contribution in [1.29, 1.82) is 0 Å². The predicted molar refractivity (Wildman–Crippen MR) is 88.9 cm³/mol. The van der Waals surface area contributed by atoms with E-state index in [1.807, 2.05) is 11.8 Å². The van der Waals surface area contributed by atoms with Crippen LogP contribution in [0, 0.1) is 0 Å². The summed E-state index contributed by atoms with van der Waals surface area (Å²) in [5.74, 6) is 1.10. The lowest BCUT2D eigenvalue weighted by Crippen LogP contribution is -2.36. The number of hydrogen-bond acceptors (Lipinski definition) is 5. The van der Waals surface area contributed by atoms with Crippen LogP contribution in [0.4, 0.5) is 4.79 Å². The summed E-state index contributed by atoms with van der Waals surface area (Å²) >= 11 is 1.92. The van der Waals surface area contributed by atoms with E-state index >= 15 is 0 Å². The summed E-state index contributed by atoms with van der Waals surface area (Å²) in [6.07, 6.45) is 3.56. The molecule has 2 heterocycles. The molecule has 3 amide bonds. The minimum absolute atomic E-state index is 0.0390. The van der Waals surface area contributed by atoms with Crippen molar-refractivity contribution in [2.24, 2.45) is 5.73 Å². The van der Waals surface area contributed by atoms with Crippen LogP contribution in [0.3, 0.4) is 0 Å². The Hall–Kier alpha value is -0.990. The standard InChI is InChI=1S/C14H27N5O2S/c15-5-6-16-7-8-17-12(20)4-2-1-3-11-13-10(9-22-11)18-14(21)19-13/h10-11,13,16H,1-9,15H2,(H,17,20)(H2,18,19,21). The Morgan fingerprint density at radius 2 is 2.14 bits per heavy atom. The number of carbonyl (C=O) groups is 2. The summed E-state index contributed by atoms with van der Waals surface area (Å²) in [4.78, 5) is 23.0. The summed E-state index contributed by atoms with van der Waals surface area (Å²) in [5.41, 5.74) is 5.36. The largest absolute Gasteiger partial charge is 0.355 e. The minimum Gasteiger partial charge on any atom is -0.355 e. The molecule has 2 saturated heterocycles. The summed E-state index contributed by atoms with van der Waals surface area (Å²) in [5, 5.41) is 12.5. The zero-order chi connectivity index (χ0) is 15.8. The van der Waals surface area contributed by atoms with E-state index in [0.29, 0.717) is 24.8 Å². The van der Waals surface area contributed by atoms with E-state index in [-0.39, 0.29) is 24.0 Å². The molecule has 22 heavy (non-hydrogen) atoms. The molecule has 2 rings (SSSR count). The molecule has 0 spiro atoms. The molecule has 8 heteroatoms. The van der Waals surface area contributed by atoms with Gasteiger partial charge in [-0.15, -0.1) is 0 Å². The highest BCUT2D eigenvalue weighted by atomic mass is 32.2. The van der Waals surface area contributed by atoms with Crippen molar-refractivity contribution in [2.45, 2.75) is 43.0 Å². The van der Waals surface area contributed by atoms with Gasteiger partial charge >= 0.3 is 6.03 Å². The second kappa shape index (κ2) is 9.22. The molecule has 2 fully saturated rings. The number of carbonyl (C=O) groups excluding carboxylic acids is 2. The van der Waals surface area contributed by atoms with Gasteiger partial charge in [0.25, 0.3) is 0 Å². The highest BCUT2D eigenvalue weighted by molar-refractivity contribution is 8.00. The maximum atomic E-state index is 11.7. The first kappa shape index (κ1) is 17.4. The van der Waals surface area contributed by atoms with Crippen LogP contribution in [0.2, 0.25) is 0 Å². The van der Waals surface area contributed by atoms with Crippen LogP contribution in [0.5, 0.6) is 0 Å². The number of nitrogens with one attached hydrogen (secondary N) is 4. The Labute approximate surface area is 135 Å². The van der Waals surface area contributed by atoms with Gasteiger partial charge in [-0.2, -0.15) is 11.8 Å². The Bertz CT molecular complexity index is 382. The predicted octanol–water partition coefficient (Wildman–Crippen LogP) is -0.623. The second-order valence-electron chi connectivity index (χ2n) is 5.76. The maximum absolute atomic E-state index is 11.7. The minimum atomic E-state index is -0.0390. The van der Waals surface area contributed by atoms with Crippen LogP contribution >= 0.6 is 11.8 Å². The number of amides is 3. The van der Waals surface area contributed by atoms with E-state index in [1.165, 1.54) is 0 Å². The Morgan fingerprint density at radius 3 is 2.95 bits per heavy atom. The molecule has 0 bridgehead atoms. The fraction of sp³-hybridized carbons (Fsp3) is 0.857. The highest BCUT2D eigenvalue weighted by Crippen LogP contribution is 2.33. The molecular weight excluding hydrogens is 302 g/mol. The van der Waals surface area contributed by atoms with Crippen LogP contribution in [0.15, 0.2) is 0 Å². The zero-order valence-electron chi connectivity index (χ0n) is 12.9. The van der Waals surface area contributed by atoms with Gasteiger partial charge in [0.1, 0.15) is 0 Å². The fourth-order valence-corrected chi connectivity index (χ4v) is 4.42. The molecule has 6 N–H and O–H groups in total. The molecule has 7 nitrogen and oxygen atoms in total. The van der Waals surface area contributed by atoms with E-state index in [2.05, 4.69) is 21.3 Å². The Morgan fingerprint density at radius 1 is 1.27 bits per heavy atom. The lowest BCUT2D eigenvalue weighted by molar-refractivity contribution is -0.121. The van der Waals surface area contributed by atoms with Gasteiger partial charge in [0.05, 0.1) is 12.1 Å². The van der Waals surface area contributed by atoms with E-state index in [9.17, 15) is 9.59 Å². The van der Waals surface area contributed by atoms with Crippen molar-refractivity contribution in [2.75, 3.05) is 31.9 Å². The molecule has 3 atom stereocenters. The quantitative estimate of drug-likeness (QED) is 0.271. The van der Waals surface area contributed by atoms with E-state index in [1.54, 1.807) is 0 Å². The number of fused-ring (bicyclic) bond motifs is 1. The van der Waals surface area contributed by atoms with Crippen LogP contribution in [0.1, 0.15) is 25.7 Å². The van der Waals surface area contributed by atoms with E-state index in [0.717, 1.165) is 38.1 Å². The van der Waals surface area contributed by atoms with Crippen molar-refractivity contribution >= 4 is 23.7 Å². The van der Waals surface area contributed by atoms with Crippen LogP contribution < -0.4 is 27.0 Å². The molecule has 0 radical (unpaired) electrons. The summed E-state index contributed by atoms with van der Waals surface area (Å²) < 4.78 is 0. The van der Waals surface area contributed by atoms with E-state index < -0.39 is 0 Å². The third-order valence-electron chi connectivity index (χ3n) is 4.03. The molecule has 0 aliphatic carbocycles. The number of rotatable bonds is 10.